The molecule has 0 aliphatic heterocycles. The molecule has 4 nitrogen and oxygen atoms in total. The molecule has 0 unspecified atom stereocenters. The zero-order valence-corrected chi connectivity index (χ0v) is 13.9. The van der Waals surface area contributed by atoms with Gasteiger partial charge in [-0.05, 0) is 42.3 Å². The topological polar surface area (TPSA) is 55.2 Å². The van der Waals surface area contributed by atoms with Gasteiger partial charge in [-0.15, -0.1) is 0 Å². The van der Waals surface area contributed by atoms with Crippen molar-refractivity contribution in [3.63, 3.8) is 0 Å². The Kier molecular flexibility index (Phi) is 4.77. The predicted molar refractivity (Wildman–Crippen MR) is 87.0 cm³/mol. The standard InChI is InChI=1S/C14H12Br2N2O2/c1-9-6-11(3-5-13(9)15)17-8-10-2-4-12(18(19)20)7-14(10)16/h2-7,17H,8H2,1H3. The summed E-state index contributed by atoms with van der Waals surface area (Å²) in [5.41, 5.74) is 3.21. The molecule has 0 aromatic heterocycles. The molecule has 104 valence electrons. The van der Waals surface area contributed by atoms with Crippen molar-refractivity contribution in [3.05, 3.63) is 66.6 Å². The highest BCUT2D eigenvalue weighted by atomic mass is 79.9. The monoisotopic (exact) mass is 398 g/mol. The van der Waals surface area contributed by atoms with Gasteiger partial charge in [0.15, 0.2) is 0 Å². The minimum absolute atomic E-state index is 0.0834. The zero-order chi connectivity index (χ0) is 14.7. The largest absolute Gasteiger partial charge is 0.381 e. The van der Waals surface area contributed by atoms with Crippen molar-refractivity contribution in [2.24, 2.45) is 0 Å². The maximum atomic E-state index is 10.7. The van der Waals surface area contributed by atoms with Crippen LogP contribution in [0, 0.1) is 17.0 Å². The van der Waals surface area contributed by atoms with Crippen LogP contribution in [0.2, 0.25) is 0 Å². The third-order valence-corrected chi connectivity index (χ3v) is 4.52. The maximum absolute atomic E-state index is 10.7. The molecule has 0 aliphatic carbocycles. The summed E-state index contributed by atoms with van der Waals surface area (Å²) in [4.78, 5) is 10.3. The van der Waals surface area contributed by atoms with Gasteiger partial charge in [0.05, 0.1) is 4.92 Å². The number of rotatable bonds is 4. The van der Waals surface area contributed by atoms with Crippen molar-refractivity contribution in [1.29, 1.82) is 0 Å². The van der Waals surface area contributed by atoms with Gasteiger partial charge in [-0.3, -0.25) is 10.1 Å². The molecule has 2 aromatic rings. The number of non-ortho nitro benzene ring substituents is 1. The van der Waals surface area contributed by atoms with Gasteiger partial charge in [0.2, 0.25) is 0 Å². The Hall–Kier alpha value is -1.40. The highest BCUT2D eigenvalue weighted by Gasteiger charge is 2.09. The Balaban J connectivity index is 2.10. The molecule has 2 rings (SSSR count). The lowest BCUT2D eigenvalue weighted by Crippen LogP contribution is -2.01. The SMILES string of the molecule is Cc1cc(NCc2ccc([N+](=O)[O-])cc2Br)ccc1Br. The quantitative estimate of drug-likeness (QED) is 0.578. The molecule has 0 fully saturated rings. The van der Waals surface area contributed by atoms with Crippen molar-refractivity contribution in [3.8, 4) is 0 Å². The van der Waals surface area contributed by atoms with Crippen molar-refractivity contribution >= 4 is 43.2 Å². The molecular weight excluding hydrogens is 388 g/mol. The zero-order valence-electron chi connectivity index (χ0n) is 10.7. The van der Waals surface area contributed by atoms with Crippen molar-refractivity contribution in [2.45, 2.75) is 13.5 Å². The first-order chi connectivity index (χ1) is 9.47. The van der Waals surface area contributed by atoms with E-state index in [0.717, 1.165) is 25.8 Å². The summed E-state index contributed by atoms with van der Waals surface area (Å²) in [7, 11) is 0. The molecule has 0 spiro atoms. The van der Waals surface area contributed by atoms with Gasteiger partial charge in [0.25, 0.3) is 5.69 Å². The highest BCUT2D eigenvalue weighted by Crippen LogP contribution is 2.25. The average Bonchev–Trinajstić information content (AvgIpc) is 2.41. The van der Waals surface area contributed by atoms with E-state index in [1.807, 2.05) is 25.1 Å². The van der Waals surface area contributed by atoms with Gasteiger partial charge >= 0.3 is 0 Å². The van der Waals surface area contributed by atoms with Crippen LogP contribution in [0.5, 0.6) is 0 Å². The second-order valence-corrected chi connectivity index (χ2v) is 6.06. The number of anilines is 1. The Morgan fingerprint density at radius 1 is 1.15 bits per heavy atom. The van der Waals surface area contributed by atoms with Crippen LogP contribution in [0.15, 0.2) is 45.3 Å². The third kappa shape index (κ3) is 3.58. The molecule has 0 amide bonds. The van der Waals surface area contributed by atoms with Gasteiger partial charge in [-0.2, -0.15) is 0 Å². The fraction of sp³-hybridized carbons (Fsp3) is 0.143. The molecule has 0 saturated heterocycles. The van der Waals surface area contributed by atoms with E-state index in [4.69, 9.17) is 0 Å². The minimum atomic E-state index is -0.403. The molecule has 0 heterocycles. The van der Waals surface area contributed by atoms with E-state index < -0.39 is 4.92 Å². The van der Waals surface area contributed by atoms with Gasteiger partial charge < -0.3 is 5.32 Å². The van der Waals surface area contributed by atoms with Crippen LogP contribution in [-0.2, 0) is 6.54 Å². The molecule has 20 heavy (non-hydrogen) atoms. The summed E-state index contributed by atoms with van der Waals surface area (Å²) in [6.07, 6.45) is 0. The van der Waals surface area contributed by atoms with Crippen LogP contribution >= 0.6 is 31.9 Å². The fourth-order valence-corrected chi connectivity index (χ4v) is 2.50. The highest BCUT2D eigenvalue weighted by molar-refractivity contribution is 9.10. The van der Waals surface area contributed by atoms with Crippen LogP contribution in [0.3, 0.4) is 0 Å². The second kappa shape index (κ2) is 6.37. The van der Waals surface area contributed by atoms with Gasteiger partial charge in [-0.25, -0.2) is 0 Å². The number of nitrogens with zero attached hydrogens (tertiary/aromatic N) is 1. The van der Waals surface area contributed by atoms with Crippen molar-refractivity contribution in [2.75, 3.05) is 5.32 Å². The first-order valence-corrected chi connectivity index (χ1v) is 7.49. The van der Waals surface area contributed by atoms with Crippen molar-refractivity contribution < 1.29 is 4.92 Å². The van der Waals surface area contributed by atoms with E-state index in [9.17, 15) is 10.1 Å². The van der Waals surface area contributed by atoms with E-state index in [1.165, 1.54) is 12.1 Å². The minimum Gasteiger partial charge on any atom is -0.381 e. The predicted octanol–water partition coefficient (Wildman–Crippen LogP) is 5.04. The van der Waals surface area contributed by atoms with E-state index >= 15 is 0 Å². The summed E-state index contributed by atoms with van der Waals surface area (Å²) in [6, 6.07) is 10.8. The first kappa shape index (κ1) is 15.0. The lowest BCUT2D eigenvalue weighted by molar-refractivity contribution is -0.384. The van der Waals surface area contributed by atoms with Crippen LogP contribution in [0.25, 0.3) is 0 Å². The summed E-state index contributed by atoms with van der Waals surface area (Å²) >= 11 is 6.82. The summed E-state index contributed by atoms with van der Waals surface area (Å²) in [5, 5.41) is 14.0. The number of hydrogen-bond acceptors (Lipinski definition) is 3. The second-order valence-electron chi connectivity index (χ2n) is 4.35. The molecule has 1 N–H and O–H groups in total. The van der Waals surface area contributed by atoms with Gasteiger partial charge in [0, 0.05) is 33.3 Å². The van der Waals surface area contributed by atoms with Gasteiger partial charge in [0.1, 0.15) is 0 Å². The van der Waals surface area contributed by atoms with Crippen LogP contribution in [0.4, 0.5) is 11.4 Å². The number of nitrogens with one attached hydrogen (secondary N) is 1. The number of benzene rings is 2. The Bertz CT molecular complexity index is 660. The average molecular weight is 400 g/mol. The Morgan fingerprint density at radius 2 is 1.90 bits per heavy atom. The molecule has 6 heteroatoms. The summed E-state index contributed by atoms with van der Waals surface area (Å²) in [5.74, 6) is 0. The lowest BCUT2D eigenvalue weighted by atomic mass is 10.2. The lowest BCUT2D eigenvalue weighted by Gasteiger charge is -2.09. The van der Waals surface area contributed by atoms with E-state index in [2.05, 4.69) is 37.2 Å². The molecule has 0 bridgehead atoms. The van der Waals surface area contributed by atoms with E-state index in [0.29, 0.717) is 6.54 Å². The Labute approximate surface area is 133 Å². The van der Waals surface area contributed by atoms with Crippen LogP contribution in [-0.4, -0.2) is 4.92 Å². The number of nitro groups is 1. The van der Waals surface area contributed by atoms with Gasteiger partial charge in [-0.1, -0.05) is 31.9 Å². The molecule has 0 saturated carbocycles. The molecule has 0 atom stereocenters. The maximum Gasteiger partial charge on any atom is 0.270 e. The number of aryl methyl sites for hydroxylation is 1. The first-order valence-electron chi connectivity index (χ1n) is 5.90. The fourth-order valence-electron chi connectivity index (χ4n) is 1.75. The summed E-state index contributed by atoms with van der Waals surface area (Å²) in [6.45, 7) is 2.62. The molecular formula is C14H12Br2N2O2. The third-order valence-electron chi connectivity index (χ3n) is 2.89. The smallest absolute Gasteiger partial charge is 0.270 e. The number of halogens is 2. The van der Waals surface area contributed by atoms with E-state index in [-0.39, 0.29) is 5.69 Å². The van der Waals surface area contributed by atoms with E-state index in [1.54, 1.807) is 6.07 Å². The molecule has 2 aromatic carbocycles. The van der Waals surface area contributed by atoms with Crippen LogP contribution < -0.4 is 5.32 Å². The normalized spacial score (nSPS) is 10.3. The summed E-state index contributed by atoms with van der Waals surface area (Å²) < 4.78 is 1.80. The Morgan fingerprint density at radius 3 is 2.50 bits per heavy atom. The number of nitro benzene ring substituents is 1. The molecule has 0 radical (unpaired) electrons. The molecule has 0 aliphatic rings. The van der Waals surface area contributed by atoms with Crippen LogP contribution in [0.1, 0.15) is 11.1 Å². The van der Waals surface area contributed by atoms with Crippen molar-refractivity contribution in [1.82, 2.24) is 0 Å². The number of hydrogen-bond donors (Lipinski definition) is 1.